The molecular formula is C15H15F2NO2S2. The van der Waals surface area contributed by atoms with Gasteiger partial charge in [0.2, 0.25) is 0 Å². The fourth-order valence-electron chi connectivity index (χ4n) is 1.83. The number of rotatable bonds is 5. The van der Waals surface area contributed by atoms with Crippen molar-refractivity contribution in [1.82, 2.24) is 0 Å². The predicted molar refractivity (Wildman–Crippen MR) is 85.0 cm³/mol. The van der Waals surface area contributed by atoms with Gasteiger partial charge in [-0.05, 0) is 49.2 Å². The molecule has 0 amide bonds. The van der Waals surface area contributed by atoms with E-state index < -0.39 is 15.8 Å². The highest BCUT2D eigenvalue weighted by molar-refractivity contribution is 7.99. The second-order valence-corrected chi connectivity index (χ2v) is 7.44. The van der Waals surface area contributed by atoms with Crippen molar-refractivity contribution in [2.24, 2.45) is 0 Å². The molecule has 3 nitrogen and oxygen atoms in total. The molecule has 118 valence electrons. The van der Waals surface area contributed by atoms with Crippen LogP contribution in [0.2, 0.25) is 0 Å². The zero-order valence-corrected chi connectivity index (χ0v) is 13.6. The molecule has 7 heteroatoms. The molecule has 0 heterocycles. The maximum absolute atomic E-state index is 12.5. The Hall–Kier alpha value is -1.60. The quantitative estimate of drug-likeness (QED) is 0.818. The molecule has 1 N–H and O–H groups in total. The molecule has 0 saturated carbocycles. The molecule has 0 radical (unpaired) electrons. The van der Waals surface area contributed by atoms with Gasteiger partial charge in [0.05, 0.1) is 10.6 Å². The summed E-state index contributed by atoms with van der Waals surface area (Å²) in [4.78, 5) is 0.289. The number of benzene rings is 2. The second-order valence-electron chi connectivity index (χ2n) is 4.73. The van der Waals surface area contributed by atoms with E-state index in [1.54, 1.807) is 24.3 Å². The molecular weight excluding hydrogens is 328 g/mol. The van der Waals surface area contributed by atoms with Crippen LogP contribution in [0, 0.1) is 13.8 Å². The first-order chi connectivity index (χ1) is 10.3. The Morgan fingerprint density at radius 3 is 2.36 bits per heavy atom. The number of aryl methyl sites for hydroxylation is 2. The SMILES string of the molecule is Cc1ccc(S(=O)(=O)Nc2ccccc2SC(F)F)cc1C. The predicted octanol–water partition coefficient (Wildman–Crippen LogP) is 4.42. The summed E-state index contributed by atoms with van der Waals surface area (Å²) in [5.74, 6) is -2.62. The van der Waals surface area contributed by atoms with Crippen LogP contribution in [0.15, 0.2) is 52.3 Å². The van der Waals surface area contributed by atoms with Gasteiger partial charge in [-0.1, -0.05) is 30.0 Å². The Balaban J connectivity index is 2.35. The monoisotopic (exact) mass is 343 g/mol. The molecule has 0 saturated heterocycles. The van der Waals surface area contributed by atoms with Crippen LogP contribution in [-0.2, 0) is 10.0 Å². The van der Waals surface area contributed by atoms with Gasteiger partial charge in [-0.15, -0.1) is 0 Å². The summed E-state index contributed by atoms with van der Waals surface area (Å²) >= 11 is 0.306. The van der Waals surface area contributed by atoms with Gasteiger partial charge in [0, 0.05) is 4.90 Å². The van der Waals surface area contributed by atoms with E-state index in [2.05, 4.69) is 4.72 Å². The lowest BCUT2D eigenvalue weighted by atomic mass is 10.1. The molecule has 2 aromatic rings. The van der Waals surface area contributed by atoms with E-state index in [0.29, 0.717) is 11.8 Å². The van der Waals surface area contributed by atoms with Gasteiger partial charge in [0.15, 0.2) is 0 Å². The first-order valence-electron chi connectivity index (χ1n) is 6.43. The molecule has 0 aliphatic rings. The second kappa shape index (κ2) is 6.66. The molecule has 2 aromatic carbocycles. The van der Waals surface area contributed by atoms with Crippen molar-refractivity contribution in [3.05, 3.63) is 53.6 Å². The average Bonchev–Trinajstić information content (AvgIpc) is 2.43. The Morgan fingerprint density at radius 1 is 1.05 bits per heavy atom. The zero-order chi connectivity index (χ0) is 16.3. The summed E-state index contributed by atoms with van der Waals surface area (Å²) in [6, 6.07) is 10.8. The highest BCUT2D eigenvalue weighted by atomic mass is 32.2. The molecule has 2 rings (SSSR count). The van der Waals surface area contributed by atoms with Gasteiger partial charge in [0.25, 0.3) is 15.8 Å². The summed E-state index contributed by atoms with van der Waals surface area (Å²) < 4.78 is 52.2. The number of sulfonamides is 1. The highest BCUT2D eigenvalue weighted by Gasteiger charge is 2.18. The normalized spacial score (nSPS) is 11.7. The minimum atomic E-state index is -3.82. The third kappa shape index (κ3) is 3.98. The maximum atomic E-state index is 12.5. The van der Waals surface area contributed by atoms with E-state index >= 15 is 0 Å². The minimum Gasteiger partial charge on any atom is -0.278 e. The van der Waals surface area contributed by atoms with Crippen molar-refractivity contribution >= 4 is 27.5 Å². The summed E-state index contributed by atoms with van der Waals surface area (Å²) in [5, 5.41) is 0. The molecule has 0 bridgehead atoms. The van der Waals surface area contributed by atoms with Gasteiger partial charge in [0.1, 0.15) is 0 Å². The summed E-state index contributed by atoms with van der Waals surface area (Å²) in [6.45, 7) is 3.70. The van der Waals surface area contributed by atoms with Crippen LogP contribution in [0.25, 0.3) is 0 Å². The number of nitrogens with one attached hydrogen (secondary N) is 1. The van der Waals surface area contributed by atoms with Crippen LogP contribution in [0.4, 0.5) is 14.5 Å². The number of para-hydroxylation sites is 1. The summed E-state index contributed by atoms with van der Waals surface area (Å²) in [5.41, 5.74) is 1.97. The lowest BCUT2D eigenvalue weighted by Crippen LogP contribution is -2.14. The fourth-order valence-corrected chi connectivity index (χ4v) is 3.66. The molecule has 22 heavy (non-hydrogen) atoms. The van der Waals surface area contributed by atoms with Crippen molar-refractivity contribution < 1.29 is 17.2 Å². The van der Waals surface area contributed by atoms with Gasteiger partial charge in [-0.2, -0.15) is 8.78 Å². The van der Waals surface area contributed by atoms with Gasteiger partial charge >= 0.3 is 0 Å². The van der Waals surface area contributed by atoms with Crippen molar-refractivity contribution in [2.45, 2.75) is 29.4 Å². The van der Waals surface area contributed by atoms with E-state index in [0.717, 1.165) is 11.1 Å². The Kier molecular flexibility index (Phi) is 5.08. The third-order valence-electron chi connectivity index (χ3n) is 3.14. The van der Waals surface area contributed by atoms with E-state index in [1.165, 1.54) is 18.2 Å². The number of alkyl halides is 2. The molecule has 0 aromatic heterocycles. The average molecular weight is 343 g/mol. The lowest BCUT2D eigenvalue weighted by molar-refractivity contribution is 0.252. The number of anilines is 1. The summed E-state index contributed by atoms with van der Waals surface area (Å²) in [7, 11) is -3.82. The zero-order valence-electron chi connectivity index (χ0n) is 12.0. The molecule has 0 spiro atoms. The largest absolute Gasteiger partial charge is 0.288 e. The smallest absolute Gasteiger partial charge is 0.278 e. The van der Waals surface area contributed by atoms with E-state index in [1.807, 2.05) is 13.8 Å². The van der Waals surface area contributed by atoms with Crippen LogP contribution in [0.3, 0.4) is 0 Å². The van der Waals surface area contributed by atoms with Gasteiger partial charge < -0.3 is 0 Å². The van der Waals surface area contributed by atoms with Crippen LogP contribution in [-0.4, -0.2) is 14.2 Å². The molecule has 0 atom stereocenters. The Morgan fingerprint density at radius 2 is 1.73 bits per heavy atom. The molecule has 0 aliphatic carbocycles. The Labute approximate surface area is 132 Å². The van der Waals surface area contributed by atoms with Crippen molar-refractivity contribution in [3.63, 3.8) is 0 Å². The maximum Gasteiger partial charge on any atom is 0.288 e. The third-order valence-corrected chi connectivity index (χ3v) is 5.29. The first kappa shape index (κ1) is 16.8. The number of halogens is 2. The van der Waals surface area contributed by atoms with Crippen molar-refractivity contribution in [2.75, 3.05) is 4.72 Å². The molecule has 0 aliphatic heterocycles. The topological polar surface area (TPSA) is 46.2 Å². The van der Waals surface area contributed by atoms with Gasteiger partial charge in [-0.25, -0.2) is 8.42 Å². The highest BCUT2D eigenvalue weighted by Crippen LogP contribution is 2.32. The molecule has 0 unspecified atom stereocenters. The fraction of sp³-hybridized carbons (Fsp3) is 0.200. The number of hydrogen-bond donors (Lipinski definition) is 1. The van der Waals surface area contributed by atoms with Crippen LogP contribution >= 0.6 is 11.8 Å². The van der Waals surface area contributed by atoms with Crippen molar-refractivity contribution in [1.29, 1.82) is 0 Å². The van der Waals surface area contributed by atoms with E-state index in [9.17, 15) is 17.2 Å². The molecule has 0 fully saturated rings. The number of thioether (sulfide) groups is 1. The van der Waals surface area contributed by atoms with Gasteiger partial charge in [-0.3, -0.25) is 4.72 Å². The Bertz CT molecular complexity index is 777. The minimum absolute atomic E-state index is 0.104. The van der Waals surface area contributed by atoms with Crippen LogP contribution < -0.4 is 4.72 Å². The van der Waals surface area contributed by atoms with Crippen molar-refractivity contribution in [3.8, 4) is 0 Å². The number of hydrogen-bond acceptors (Lipinski definition) is 3. The van der Waals surface area contributed by atoms with E-state index in [4.69, 9.17) is 0 Å². The van der Waals surface area contributed by atoms with E-state index in [-0.39, 0.29) is 15.5 Å². The lowest BCUT2D eigenvalue weighted by Gasteiger charge is -2.13. The van der Waals surface area contributed by atoms with Crippen LogP contribution in [0.5, 0.6) is 0 Å². The standard InChI is InChI=1S/C15H15F2NO2S2/c1-10-7-8-12(9-11(10)2)22(19,20)18-13-5-3-4-6-14(13)21-15(16)17/h3-9,15,18H,1-2H3. The summed E-state index contributed by atoms with van der Waals surface area (Å²) in [6.07, 6.45) is 0. The van der Waals surface area contributed by atoms with Crippen LogP contribution in [0.1, 0.15) is 11.1 Å². The first-order valence-corrected chi connectivity index (χ1v) is 8.80.